The zero-order valence-electron chi connectivity index (χ0n) is 19.9. The Labute approximate surface area is 194 Å². The SMILES string of the molecule is C=C(/N=C(\C=C/C)c1c(-c2ccc(F)cc2)c(=O)n(C)n1C1CCNCC1)N[C@@H](C)COC. The van der Waals surface area contributed by atoms with Gasteiger partial charge in [0.25, 0.3) is 5.56 Å². The summed E-state index contributed by atoms with van der Waals surface area (Å²) in [5, 5.41) is 6.61. The molecule has 0 spiro atoms. The largest absolute Gasteiger partial charge is 0.383 e. The number of hydrogen-bond donors (Lipinski definition) is 2. The number of ether oxygens (including phenoxy) is 1. The minimum atomic E-state index is -0.345. The lowest BCUT2D eigenvalue weighted by Gasteiger charge is -2.27. The maximum absolute atomic E-state index is 13.7. The molecule has 1 saturated heterocycles. The van der Waals surface area contributed by atoms with Crippen LogP contribution in [0.3, 0.4) is 0 Å². The summed E-state index contributed by atoms with van der Waals surface area (Å²) < 4.78 is 22.6. The van der Waals surface area contributed by atoms with Crippen LogP contribution in [-0.4, -0.2) is 47.9 Å². The highest BCUT2D eigenvalue weighted by molar-refractivity contribution is 6.12. The van der Waals surface area contributed by atoms with E-state index in [0.29, 0.717) is 35.0 Å². The van der Waals surface area contributed by atoms with Gasteiger partial charge in [0.05, 0.1) is 29.6 Å². The van der Waals surface area contributed by atoms with E-state index in [0.717, 1.165) is 25.9 Å². The average molecular weight is 456 g/mol. The minimum absolute atomic E-state index is 0.0251. The van der Waals surface area contributed by atoms with E-state index in [2.05, 4.69) is 17.2 Å². The first-order valence-corrected chi connectivity index (χ1v) is 11.3. The zero-order chi connectivity index (χ0) is 24.0. The summed E-state index contributed by atoms with van der Waals surface area (Å²) in [7, 11) is 3.42. The average Bonchev–Trinajstić information content (AvgIpc) is 3.05. The summed E-state index contributed by atoms with van der Waals surface area (Å²) in [5.41, 5.74) is 2.35. The molecule has 1 aromatic carbocycles. The smallest absolute Gasteiger partial charge is 0.274 e. The van der Waals surface area contributed by atoms with Crippen molar-refractivity contribution in [2.45, 2.75) is 38.8 Å². The number of benzene rings is 1. The molecule has 1 aliphatic heterocycles. The van der Waals surface area contributed by atoms with Crippen LogP contribution in [0.1, 0.15) is 38.4 Å². The number of piperidine rings is 1. The van der Waals surface area contributed by atoms with Gasteiger partial charge in [0.1, 0.15) is 11.6 Å². The Morgan fingerprint density at radius 3 is 2.64 bits per heavy atom. The van der Waals surface area contributed by atoms with Crippen LogP contribution in [0.15, 0.2) is 58.6 Å². The third kappa shape index (κ3) is 5.69. The predicted molar refractivity (Wildman–Crippen MR) is 131 cm³/mol. The van der Waals surface area contributed by atoms with E-state index in [-0.39, 0.29) is 23.5 Å². The monoisotopic (exact) mass is 455 g/mol. The topological polar surface area (TPSA) is 72.6 Å². The molecule has 33 heavy (non-hydrogen) atoms. The van der Waals surface area contributed by atoms with Crippen LogP contribution >= 0.6 is 0 Å². The summed E-state index contributed by atoms with van der Waals surface area (Å²) >= 11 is 0. The van der Waals surface area contributed by atoms with E-state index in [4.69, 9.17) is 9.73 Å². The molecular formula is C25H34FN5O2. The van der Waals surface area contributed by atoms with Crippen molar-refractivity contribution in [1.82, 2.24) is 20.0 Å². The number of methoxy groups -OCH3 is 1. The van der Waals surface area contributed by atoms with E-state index in [1.165, 1.54) is 12.1 Å². The van der Waals surface area contributed by atoms with Crippen LogP contribution in [0.5, 0.6) is 0 Å². The molecule has 0 unspecified atom stereocenters. The zero-order valence-corrected chi connectivity index (χ0v) is 19.9. The van der Waals surface area contributed by atoms with Crippen molar-refractivity contribution < 1.29 is 9.13 Å². The summed E-state index contributed by atoms with van der Waals surface area (Å²) in [5.74, 6) is 0.132. The molecule has 2 N–H and O–H groups in total. The second kappa shape index (κ2) is 11.2. The van der Waals surface area contributed by atoms with Gasteiger partial charge < -0.3 is 15.4 Å². The van der Waals surface area contributed by atoms with Crippen molar-refractivity contribution in [2.24, 2.45) is 12.0 Å². The normalized spacial score (nSPS) is 16.3. The molecule has 1 aliphatic rings. The maximum Gasteiger partial charge on any atom is 0.274 e. The molecule has 2 aromatic rings. The first kappa shape index (κ1) is 24.7. The van der Waals surface area contributed by atoms with E-state index in [9.17, 15) is 9.18 Å². The lowest BCUT2D eigenvalue weighted by molar-refractivity contribution is 0.176. The standard InChI is InChI=1S/C25H34FN5O2/c1-6-7-22(29-18(3)28-17(2)16-33-5)24-23(19-8-10-20(26)11-9-19)25(32)30(4)31(24)21-12-14-27-15-13-21/h6-11,17,21,27-28H,3,12-16H2,1-2,4-5H3/b7-6-,29-22+/t17-/m0/s1. The Bertz CT molecular complexity index is 1080. The minimum Gasteiger partial charge on any atom is -0.383 e. The number of aliphatic imine (C=N–C) groups is 1. The Balaban J connectivity index is 2.21. The molecule has 1 atom stereocenters. The molecule has 8 heteroatoms. The van der Waals surface area contributed by atoms with Crippen molar-refractivity contribution in [3.05, 3.63) is 70.7 Å². The quantitative estimate of drug-likeness (QED) is 0.569. The number of nitrogens with zero attached hydrogens (tertiary/aromatic N) is 3. The first-order valence-electron chi connectivity index (χ1n) is 11.3. The van der Waals surface area contributed by atoms with E-state index in [1.807, 2.05) is 30.7 Å². The Morgan fingerprint density at radius 1 is 1.36 bits per heavy atom. The van der Waals surface area contributed by atoms with Crippen LogP contribution in [0.2, 0.25) is 0 Å². The molecule has 1 aromatic heterocycles. The lowest BCUT2D eigenvalue weighted by Crippen LogP contribution is -2.34. The molecule has 2 heterocycles. The second-order valence-electron chi connectivity index (χ2n) is 8.33. The predicted octanol–water partition coefficient (Wildman–Crippen LogP) is 3.38. The second-order valence-corrected chi connectivity index (χ2v) is 8.33. The van der Waals surface area contributed by atoms with Crippen molar-refractivity contribution in [3.8, 4) is 11.1 Å². The molecule has 7 nitrogen and oxygen atoms in total. The number of aromatic nitrogens is 2. The summed E-state index contributed by atoms with van der Waals surface area (Å²) in [4.78, 5) is 18.3. The van der Waals surface area contributed by atoms with Gasteiger partial charge >= 0.3 is 0 Å². The van der Waals surface area contributed by atoms with Gasteiger partial charge in [-0.05, 0) is 63.6 Å². The third-order valence-corrected chi connectivity index (χ3v) is 5.74. The van der Waals surface area contributed by atoms with Gasteiger partial charge in [-0.15, -0.1) is 0 Å². The van der Waals surface area contributed by atoms with Gasteiger partial charge in [-0.25, -0.2) is 9.38 Å². The van der Waals surface area contributed by atoms with Crippen molar-refractivity contribution in [1.29, 1.82) is 0 Å². The summed E-state index contributed by atoms with van der Waals surface area (Å²) in [6.45, 7) is 10.2. The number of allylic oxidation sites excluding steroid dienone is 2. The molecule has 0 amide bonds. The van der Waals surface area contributed by atoms with Crippen LogP contribution in [0.4, 0.5) is 4.39 Å². The fourth-order valence-electron chi connectivity index (χ4n) is 4.31. The van der Waals surface area contributed by atoms with Crippen LogP contribution in [0, 0.1) is 5.82 Å². The van der Waals surface area contributed by atoms with Gasteiger partial charge in [0, 0.05) is 20.2 Å². The highest BCUT2D eigenvalue weighted by Crippen LogP contribution is 2.28. The fraction of sp³-hybridized carbons (Fsp3) is 0.440. The Hall–Kier alpha value is -2.97. The van der Waals surface area contributed by atoms with E-state index < -0.39 is 0 Å². The summed E-state index contributed by atoms with van der Waals surface area (Å²) in [6, 6.07) is 6.20. The van der Waals surface area contributed by atoms with Crippen LogP contribution in [-0.2, 0) is 11.8 Å². The number of halogens is 1. The van der Waals surface area contributed by atoms with Crippen molar-refractivity contribution >= 4 is 5.71 Å². The molecule has 0 saturated carbocycles. The molecule has 3 rings (SSSR count). The molecule has 0 radical (unpaired) electrons. The Morgan fingerprint density at radius 2 is 2.03 bits per heavy atom. The maximum atomic E-state index is 13.7. The molecule has 0 bridgehead atoms. The summed E-state index contributed by atoms with van der Waals surface area (Å²) in [6.07, 6.45) is 5.56. The number of nitrogens with one attached hydrogen (secondary N) is 2. The highest BCUT2D eigenvalue weighted by atomic mass is 19.1. The van der Waals surface area contributed by atoms with Gasteiger partial charge in [-0.2, -0.15) is 0 Å². The van der Waals surface area contributed by atoms with Crippen molar-refractivity contribution in [3.63, 3.8) is 0 Å². The van der Waals surface area contributed by atoms with Gasteiger partial charge in [0.15, 0.2) is 0 Å². The van der Waals surface area contributed by atoms with Crippen molar-refractivity contribution in [2.75, 3.05) is 26.8 Å². The highest BCUT2D eigenvalue weighted by Gasteiger charge is 2.28. The van der Waals surface area contributed by atoms with Gasteiger partial charge in [-0.1, -0.05) is 24.8 Å². The Kier molecular flexibility index (Phi) is 8.41. The molecular weight excluding hydrogens is 421 g/mol. The third-order valence-electron chi connectivity index (χ3n) is 5.74. The number of rotatable bonds is 9. The number of hydrogen-bond acceptors (Lipinski definition) is 5. The van der Waals surface area contributed by atoms with E-state index in [1.54, 1.807) is 31.0 Å². The fourth-order valence-corrected chi connectivity index (χ4v) is 4.31. The molecule has 0 aliphatic carbocycles. The lowest BCUT2D eigenvalue weighted by atomic mass is 10.0. The first-order chi connectivity index (χ1) is 15.9. The molecule has 1 fully saturated rings. The molecule has 178 valence electrons. The van der Waals surface area contributed by atoms with Crippen LogP contribution in [0.25, 0.3) is 11.1 Å². The van der Waals surface area contributed by atoms with Crippen LogP contribution < -0.4 is 16.2 Å². The van der Waals surface area contributed by atoms with Gasteiger partial charge in [0.2, 0.25) is 0 Å². The van der Waals surface area contributed by atoms with E-state index >= 15 is 0 Å². The van der Waals surface area contributed by atoms with Gasteiger partial charge in [-0.3, -0.25) is 14.2 Å².